The van der Waals surface area contributed by atoms with E-state index in [1.54, 1.807) is 0 Å². The van der Waals surface area contributed by atoms with Crippen molar-refractivity contribution in [1.29, 1.82) is 0 Å². The number of carbonyl (C=O) groups excluding carboxylic acids is 1. The highest BCUT2D eigenvalue weighted by molar-refractivity contribution is 5.97. The Labute approximate surface area is 88.9 Å². The molecule has 2 heterocycles. The van der Waals surface area contributed by atoms with Crippen molar-refractivity contribution in [1.82, 2.24) is 10.3 Å². The van der Waals surface area contributed by atoms with E-state index < -0.39 is 0 Å². The molecule has 15 heavy (non-hydrogen) atoms. The van der Waals surface area contributed by atoms with Gasteiger partial charge in [-0.05, 0) is 43.7 Å². The Balaban J connectivity index is 2.26. The molecule has 0 unspecified atom stereocenters. The fourth-order valence-electron chi connectivity index (χ4n) is 2.71. The Kier molecular flexibility index (Phi) is 1.81. The van der Waals surface area contributed by atoms with Gasteiger partial charge in [-0.2, -0.15) is 0 Å². The molecule has 1 aromatic rings. The third-order valence-corrected chi connectivity index (χ3v) is 3.47. The van der Waals surface area contributed by atoms with E-state index in [9.17, 15) is 4.79 Å². The van der Waals surface area contributed by atoms with Crippen LogP contribution in [0.1, 0.15) is 45.7 Å². The molecule has 2 aliphatic rings. The molecule has 0 spiro atoms. The van der Waals surface area contributed by atoms with Crippen LogP contribution in [0.2, 0.25) is 0 Å². The van der Waals surface area contributed by atoms with Gasteiger partial charge < -0.3 is 5.32 Å². The first-order valence-corrected chi connectivity index (χ1v) is 5.57. The number of aryl methyl sites for hydroxylation is 1. The van der Waals surface area contributed by atoms with Gasteiger partial charge in [-0.3, -0.25) is 4.79 Å². The average Bonchev–Trinajstić information content (AvgIpc) is 2.62. The molecule has 1 aliphatic heterocycles. The first-order chi connectivity index (χ1) is 7.27. The summed E-state index contributed by atoms with van der Waals surface area (Å²) in [5.41, 5.74) is 5.70. The molecule has 3 nitrogen and oxygen atoms in total. The van der Waals surface area contributed by atoms with Crippen LogP contribution in [0.15, 0.2) is 0 Å². The monoisotopic (exact) mass is 202 g/mol. The van der Waals surface area contributed by atoms with Crippen molar-refractivity contribution >= 4 is 5.91 Å². The molecule has 1 aromatic heterocycles. The summed E-state index contributed by atoms with van der Waals surface area (Å²) in [7, 11) is 0. The predicted octanol–water partition coefficient (Wildman–Crippen LogP) is 1.51. The molecule has 3 rings (SSSR count). The Morgan fingerprint density at radius 3 is 2.67 bits per heavy atom. The number of nitrogens with zero attached hydrogens (tertiary/aromatic N) is 1. The number of hydrogen-bond acceptors (Lipinski definition) is 2. The van der Waals surface area contributed by atoms with Crippen molar-refractivity contribution in [2.24, 2.45) is 0 Å². The van der Waals surface area contributed by atoms with E-state index in [0.29, 0.717) is 12.2 Å². The minimum absolute atomic E-state index is 0.00136. The zero-order valence-corrected chi connectivity index (χ0v) is 8.89. The van der Waals surface area contributed by atoms with Crippen molar-refractivity contribution in [3.8, 4) is 0 Å². The molecule has 3 heteroatoms. The van der Waals surface area contributed by atoms with Crippen molar-refractivity contribution in [2.75, 3.05) is 0 Å². The van der Waals surface area contributed by atoms with Crippen molar-refractivity contribution in [2.45, 2.75) is 39.2 Å². The van der Waals surface area contributed by atoms with Crippen LogP contribution < -0.4 is 5.32 Å². The standard InChI is InChI=1S/C12H14N2O/c1-7-8-4-2-3-5-9(8)10-6-13-12(15)11(10)14-7/h2-6H2,1H3,(H,13,15). The van der Waals surface area contributed by atoms with E-state index in [1.807, 2.05) is 6.92 Å². The topological polar surface area (TPSA) is 42.0 Å². The molecule has 1 aliphatic carbocycles. The van der Waals surface area contributed by atoms with E-state index in [0.717, 1.165) is 18.5 Å². The summed E-state index contributed by atoms with van der Waals surface area (Å²) >= 11 is 0. The quantitative estimate of drug-likeness (QED) is 0.693. The number of fused-ring (bicyclic) bond motifs is 3. The Morgan fingerprint density at radius 2 is 1.87 bits per heavy atom. The van der Waals surface area contributed by atoms with Gasteiger partial charge in [0.15, 0.2) is 0 Å². The van der Waals surface area contributed by atoms with Crippen LogP contribution >= 0.6 is 0 Å². The number of rotatable bonds is 0. The smallest absolute Gasteiger partial charge is 0.270 e. The Hall–Kier alpha value is -1.38. The summed E-state index contributed by atoms with van der Waals surface area (Å²) in [5, 5.41) is 2.86. The van der Waals surface area contributed by atoms with E-state index in [-0.39, 0.29) is 5.91 Å². The summed E-state index contributed by atoms with van der Waals surface area (Å²) in [5.74, 6) is 0.00136. The summed E-state index contributed by atoms with van der Waals surface area (Å²) < 4.78 is 0. The number of nitrogens with one attached hydrogen (secondary N) is 1. The number of pyridine rings is 1. The van der Waals surface area contributed by atoms with Crippen LogP contribution in [0.3, 0.4) is 0 Å². The molecule has 0 saturated heterocycles. The molecular formula is C12H14N2O. The third-order valence-electron chi connectivity index (χ3n) is 3.47. The first kappa shape index (κ1) is 8.89. The van der Waals surface area contributed by atoms with Crippen LogP contribution in [0, 0.1) is 6.92 Å². The molecule has 1 amide bonds. The number of carbonyl (C=O) groups is 1. The van der Waals surface area contributed by atoms with Crippen LogP contribution in [-0.4, -0.2) is 10.9 Å². The largest absolute Gasteiger partial charge is 0.347 e. The van der Waals surface area contributed by atoms with Crippen molar-refractivity contribution in [3.63, 3.8) is 0 Å². The molecule has 1 N–H and O–H groups in total. The molecule has 0 saturated carbocycles. The second kappa shape index (κ2) is 3.05. The van der Waals surface area contributed by atoms with E-state index in [2.05, 4.69) is 10.3 Å². The third kappa shape index (κ3) is 1.19. The minimum atomic E-state index is 0.00136. The van der Waals surface area contributed by atoms with Gasteiger partial charge in [0.2, 0.25) is 0 Å². The van der Waals surface area contributed by atoms with Gasteiger partial charge in [0, 0.05) is 17.8 Å². The Morgan fingerprint density at radius 1 is 1.13 bits per heavy atom. The molecule has 0 atom stereocenters. The van der Waals surface area contributed by atoms with E-state index >= 15 is 0 Å². The average molecular weight is 202 g/mol. The Bertz CT molecular complexity index is 451. The van der Waals surface area contributed by atoms with Gasteiger partial charge >= 0.3 is 0 Å². The number of amides is 1. The van der Waals surface area contributed by atoms with Gasteiger partial charge in [0.1, 0.15) is 5.69 Å². The fraction of sp³-hybridized carbons (Fsp3) is 0.500. The molecule has 0 radical (unpaired) electrons. The second-order valence-electron chi connectivity index (χ2n) is 4.37. The predicted molar refractivity (Wildman–Crippen MR) is 56.8 cm³/mol. The highest BCUT2D eigenvalue weighted by Gasteiger charge is 2.27. The molecule has 0 bridgehead atoms. The maximum Gasteiger partial charge on any atom is 0.270 e. The first-order valence-electron chi connectivity index (χ1n) is 5.57. The van der Waals surface area contributed by atoms with Gasteiger partial charge in [0.05, 0.1) is 0 Å². The molecule has 0 fully saturated rings. The van der Waals surface area contributed by atoms with E-state index in [4.69, 9.17) is 0 Å². The lowest BCUT2D eigenvalue weighted by Gasteiger charge is -2.19. The molecule has 78 valence electrons. The maximum atomic E-state index is 11.5. The van der Waals surface area contributed by atoms with Crippen LogP contribution in [0.5, 0.6) is 0 Å². The van der Waals surface area contributed by atoms with E-state index in [1.165, 1.54) is 29.5 Å². The second-order valence-corrected chi connectivity index (χ2v) is 4.37. The highest BCUT2D eigenvalue weighted by atomic mass is 16.2. The molecule has 0 aromatic carbocycles. The fourth-order valence-corrected chi connectivity index (χ4v) is 2.71. The summed E-state index contributed by atoms with van der Waals surface area (Å²) in [6.07, 6.45) is 4.76. The lowest BCUT2D eigenvalue weighted by Crippen LogP contribution is -2.14. The lowest BCUT2D eigenvalue weighted by molar-refractivity contribution is 0.0961. The summed E-state index contributed by atoms with van der Waals surface area (Å²) in [6.45, 7) is 2.71. The van der Waals surface area contributed by atoms with Gasteiger partial charge in [0.25, 0.3) is 5.91 Å². The SMILES string of the molecule is Cc1nc2c(c3c1CCCC3)CNC2=O. The normalized spacial score (nSPS) is 18.3. The number of hydrogen-bond donors (Lipinski definition) is 1. The number of aromatic nitrogens is 1. The zero-order valence-electron chi connectivity index (χ0n) is 8.89. The van der Waals surface area contributed by atoms with Crippen molar-refractivity contribution < 1.29 is 4.79 Å². The molecular weight excluding hydrogens is 188 g/mol. The lowest BCUT2D eigenvalue weighted by atomic mass is 9.87. The minimum Gasteiger partial charge on any atom is -0.347 e. The van der Waals surface area contributed by atoms with Crippen LogP contribution in [0.25, 0.3) is 0 Å². The highest BCUT2D eigenvalue weighted by Crippen LogP contribution is 2.30. The summed E-state index contributed by atoms with van der Waals surface area (Å²) in [6, 6.07) is 0. The van der Waals surface area contributed by atoms with Crippen LogP contribution in [-0.2, 0) is 19.4 Å². The van der Waals surface area contributed by atoms with Crippen molar-refractivity contribution in [3.05, 3.63) is 28.1 Å². The summed E-state index contributed by atoms with van der Waals surface area (Å²) in [4.78, 5) is 16.0. The maximum absolute atomic E-state index is 11.5. The van der Waals surface area contributed by atoms with Gasteiger partial charge in [-0.25, -0.2) is 4.98 Å². The van der Waals surface area contributed by atoms with Crippen LogP contribution in [0.4, 0.5) is 0 Å². The zero-order chi connectivity index (χ0) is 10.4. The van der Waals surface area contributed by atoms with Gasteiger partial charge in [-0.15, -0.1) is 0 Å². The van der Waals surface area contributed by atoms with Gasteiger partial charge in [-0.1, -0.05) is 0 Å².